The molecule has 0 radical (unpaired) electrons. The third kappa shape index (κ3) is 4.97. The van der Waals surface area contributed by atoms with E-state index in [1.54, 1.807) is 0 Å². The van der Waals surface area contributed by atoms with Gasteiger partial charge < -0.3 is 0 Å². The number of hydrogen-bond donors (Lipinski definition) is 0. The Bertz CT molecular complexity index is 755. The first kappa shape index (κ1) is 19.3. The van der Waals surface area contributed by atoms with Crippen LogP contribution >= 0.6 is 0 Å². The fraction of sp³-hybridized carbons (Fsp3) is 0.333. The Morgan fingerprint density at radius 2 is 1.28 bits per heavy atom. The highest BCUT2D eigenvalue weighted by atomic mass is 28.3. The van der Waals surface area contributed by atoms with Crippen molar-refractivity contribution in [1.29, 1.82) is 0 Å². The molecule has 130 valence electrons. The third-order valence-corrected chi connectivity index (χ3v) is 10.9. The summed E-state index contributed by atoms with van der Waals surface area (Å²) in [6.07, 6.45) is 2.35. The molecule has 0 amide bonds. The molecule has 0 bridgehead atoms. The molecule has 0 aliphatic carbocycles. The second kappa shape index (κ2) is 8.88. The minimum absolute atomic E-state index is 1.10. The number of allylic oxidation sites excluding steroid dienone is 1. The summed E-state index contributed by atoms with van der Waals surface area (Å²) in [6, 6.07) is 21.1. The molecule has 2 rings (SSSR count). The molecule has 25 heavy (non-hydrogen) atoms. The van der Waals surface area contributed by atoms with Crippen LogP contribution in [-0.4, -0.2) is 8.07 Å². The van der Waals surface area contributed by atoms with Crippen LogP contribution in [0.15, 0.2) is 53.7 Å². The fourth-order valence-corrected chi connectivity index (χ4v) is 6.69. The summed E-state index contributed by atoms with van der Waals surface area (Å²) in [7, 11) is -1.52. The van der Waals surface area contributed by atoms with Crippen molar-refractivity contribution >= 4 is 14.1 Å². The van der Waals surface area contributed by atoms with Crippen molar-refractivity contribution in [3.63, 3.8) is 0 Å². The van der Waals surface area contributed by atoms with Gasteiger partial charge in [0.15, 0.2) is 0 Å². The number of rotatable bonds is 5. The molecular weight excluding hydrogens is 316 g/mol. The van der Waals surface area contributed by atoms with Crippen molar-refractivity contribution in [2.75, 3.05) is 0 Å². The zero-order valence-electron chi connectivity index (χ0n) is 16.3. The van der Waals surface area contributed by atoms with E-state index in [1.165, 1.54) is 40.0 Å². The second-order valence-corrected chi connectivity index (χ2v) is 12.1. The van der Waals surface area contributed by atoms with Gasteiger partial charge in [0.2, 0.25) is 0 Å². The number of benzene rings is 2. The van der Waals surface area contributed by atoms with Gasteiger partial charge in [-0.2, -0.15) is 0 Å². The lowest BCUT2D eigenvalue weighted by atomic mass is 10.1. The van der Waals surface area contributed by atoms with Crippen LogP contribution in [0.4, 0.5) is 0 Å². The van der Waals surface area contributed by atoms with E-state index in [9.17, 15) is 0 Å². The summed E-state index contributed by atoms with van der Waals surface area (Å²) in [4.78, 5) is 0. The molecule has 2 aromatic carbocycles. The van der Waals surface area contributed by atoms with Gasteiger partial charge in [0.1, 0.15) is 0 Å². The Balaban J connectivity index is 2.49. The molecule has 0 nitrogen and oxygen atoms in total. The van der Waals surface area contributed by atoms with Crippen LogP contribution in [0.2, 0.25) is 18.1 Å². The molecule has 0 atom stereocenters. The predicted molar refractivity (Wildman–Crippen MR) is 114 cm³/mol. The van der Waals surface area contributed by atoms with Crippen LogP contribution in [0.3, 0.4) is 0 Å². The molecule has 1 heteroatoms. The van der Waals surface area contributed by atoms with Gasteiger partial charge in [-0.05, 0) is 42.8 Å². The fourth-order valence-electron chi connectivity index (χ4n) is 3.25. The Kier molecular flexibility index (Phi) is 6.85. The Morgan fingerprint density at radius 3 is 1.76 bits per heavy atom. The standard InChI is InChI=1S/C24H30Si/c1-6-25(7-2,8-3)24(19-23-15-11-21(5)12-16-23)18-17-22-13-9-20(4)10-14-22/h9-16,19H,6-8H2,1-5H3/b24-19+. The lowest BCUT2D eigenvalue weighted by molar-refractivity contribution is 1.18. The topological polar surface area (TPSA) is 0 Å². The van der Waals surface area contributed by atoms with Crippen LogP contribution in [-0.2, 0) is 0 Å². The van der Waals surface area contributed by atoms with Crippen molar-refractivity contribution in [2.45, 2.75) is 52.8 Å². The van der Waals surface area contributed by atoms with E-state index in [2.05, 4.69) is 101 Å². The number of hydrogen-bond acceptors (Lipinski definition) is 0. The molecule has 0 unspecified atom stereocenters. The van der Waals surface area contributed by atoms with Gasteiger partial charge in [-0.1, -0.05) is 98.3 Å². The average molecular weight is 347 g/mol. The van der Waals surface area contributed by atoms with E-state index in [1.807, 2.05) is 0 Å². The molecule has 0 aliphatic rings. The van der Waals surface area contributed by atoms with Crippen molar-refractivity contribution < 1.29 is 0 Å². The van der Waals surface area contributed by atoms with Gasteiger partial charge in [0.25, 0.3) is 0 Å². The molecule has 0 heterocycles. The summed E-state index contributed by atoms with van der Waals surface area (Å²) < 4.78 is 0. The minimum Gasteiger partial charge on any atom is -0.0707 e. The molecular formula is C24H30Si. The Hall–Kier alpha value is -2.04. The summed E-state index contributed by atoms with van der Waals surface area (Å²) in [5, 5.41) is 1.39. The van der Waals surface area contributed by atoms with Gasteiger partial charge >= 0.3 is 0 Å². The Morgan fingerprint density at radius 1 is 0.800 bits per heavy atom. The van der Waals surface area contributed by atoms with Crippen LogP contribution in [0.5, 0.6) is 0 Å². The van der Waals surface area contributed by atoms with Gasteiger partial charge in [-0.15, -0.1) is 0 Å². The molecule has 2 aromatic rings. The van der Waals surface area contributed by atoms with Gasteiger partial charge in [0, 0.05) is 5.56 Å². The molecule has 0 fully saturated rings. The first-order chi connectivity index (χ1) is 12.0. The summed E-state index contributed by atoms with van der Waals surface area (Å²) in [5.41, 5.74) is 4.95. The van der Waals surface area contributed by atoms with Crippen LogP contribution in [0.1, 0.15) is 43.0 Å². The minimum atomic E-state index is -1.52. The highest BCUT2D eigenvalue weighted by molar-refractivity contribution is 6.87. The summed E-state index contributed by atoms with van der Waals surface area (Å²) in [6.45, 7) is 11.3. The first-order valence-corrected chi connectivity index (χ1v) is 12.0. The van der Waals surface area contributed by atoms with E-state index in [-0.39, 0.29) is 0 Å². The normalized spacial score (nSPS) is 11.8. The van der Waals surface area contributed by atoms with Crippen molar-refractivity contribution in [2.24, 2.45) is 0 Å². The molecule has 0 spiro atoms. The third-order valence-electron chi connectivity index (χ3n) is 5.38. The van der Waals surface area contributed by atoms with Gasteiger partial charge in [-0.3, -0.25) is 0 Å². The Labute approximate surface area is 155 Å². The average Bonchev–Trinajstić information content (AvgIpc) is 2.64. The molecule has 0 aromatic heterocycles. The molecule has 0 N–H and O–H groups in total. The highest BCUT2D eigenvalue weighted by Crippen LogP contribution is 2.30. The van der Waals surface area contributed by atoms with Crippen LogP contribution in [0, 0.1) is 25.7 Å². The maximum absolute atomic E-state index is 3.59. The van der Waals surface area contributed by atoms with Crippen molar-refractivity contribution in [1.82, 2.24) is 0 Å². The van der Waals surface area contributed by atoms with Crippen molar-refractivity contribution in [3.05, 3.63) is 76.0 Å². The van der Waals surface area contributed by atoms with Gasteiger partial charge in [-0.25, -0.2) is 0 Å². The first-order valence-electron chi connectivity index (χ1n) is 9.40. The molecule has 0 saturated carbocycles. The molecule has 0 saturated heterocycles. The SMILES string of the molecule is CC[Si](CC)(CC)/C(C#Cc1ccc(C)cc1)=C/c1ccc(C)cc1. The van der Waals surface area contributed by atoms with Crippen LogP contribution in [0.25, 0.3) is 6.08 Å². The summed E-state index contributed by atoms with van der Waals surface area (Å²) >= 11 is 0. The van der Waals surface area contributed by atoms with Crippen LogP contribution < -0.4 is 0 Å². The number of aryl methyl sites for hydroxylation is 2. The van der Waals surface area contributed by atoms with E-state index in [4.69, 9.17) is 0 Å². The lowest BCUT2D eigenvalue weighted by Crippen LogP contribution is -2.34. The maximum atomic E-state index is 3.59. The van der Waals surface area contributed by atoms with E-state index >= 15 is 0 Å². The predicted octanol–water partition coefficient (Wildman–Crippen LogP) is 6.79. The lowest BCUT2D eigenvalue weighted by Gasteiger charge is -2.28. The monoisotopic (exact) mass is 346 g/mol. The van der Waals surface area contributed by atoms with E-state index in [0.29, 0.717) is 0 Å². The van der Waals surface area contributed by atoms with E-state index < -0.39 is 8.07 Å². The highest BCUT2D eigenvalue weighted by Gasteiger charge is 2.30. The molecule has 0 aliphatic heterocycles. The van der Waals surface area contributed by atoms with Crippen molar-refractivity contribution in [3.8, 4) is 11.8 Å². The second-order valence-electron chi connectivity index (χ2n) is 6.93. The van der Waals surface area contributed by atoms with Gasteiger partial charge in [0.05, 0.1) is 8.07 Å². The largest absolute Gasteiger partial charge is 0.0967 e. The summed E-state index contributed by atoms with van der Waals surface area (Å²) in [5.74, 6) is 7.01. The van der Waals surface area contributed by atoms with E-state index in [0.717, 1.165) is 5.56 Å². The quantitative estimate of drug-likeness (QED) is 0.413. The zero-order valence-corrected chi connectivity index (χ0v) is 17.3. The smallest absolute Gasteiger partial charge is 0.0707 e. The maximum Gasteiger partial charge on any atom is 0.0967 e. The zero-order chi connectivity index (χ0) is 18.3.